The van der Waals surface area contributed by atoms with Crippen LogP contribution in [0.15, 0.2) is 6.20 Å². The average Bonchev–Trinajstić information content (AvgIpc) is 2.97. The van der Waals surface area contributed by atoms with Gasteiger partial charge in [0.25, 0.3) is 0 Å². The number of nitrogens with one attached hydrogen (secondary N) is 1. The van der Waals surface area contributed by atoms with Crippen LogP contribution >= 0.6 is 0 Å². The van der Waals surface area contributed by atoms with Gasteiger partial charge in [-0.25, -0.2) is 4.68 Å². The highest BCUT2D eigenvalue weighted by molar-refractivity contribution is 5.82. The quantitative estimate of drug-likeness (QED) is 0.808. The van der Waals surface area contributed by atoms with Gasteiger partial charge in [0, 0.05) is 20.1 Å². The van der Waals surface area contributed by atoms with E-state index in [1.165, 1.54) is 12.8 Å². The fraction of sp³-hybridized carbons (Fsp3) is 0.750. The van der Waals surface area contributed by atoms with Crippen molar-refractivity contribution in [3.8, 4) is 0 Å². The molecule has 2 fully saturated rings. The van der Waals surface area contributed by atoms with E-state index in [-0.39, 0.29) is 11.9 Å². The third kappa shape index (κ3) is 2.38. The predicted octanol–water partition coefficient (Wildman–Crippen LogP) is 0.181. The van der Waals surface area contributed by atoms with Crippen LogP contribution in [0.1, 0.15) is 31.0 Å². The molecule has 1 N–H and O–H groups in total. The van der Waals surface area contributed by atoms with Gasteiger partial charge in [0.1, 0.15) is 6.04 Å². The SMILES string of the molecule is CN1CCC(n2cc(CNCC3CC3)nn2)C1=O. The van der Waals surface area contributed by atoms with Crippen molar-refractivity contribution in [1.82, 2.24) is 25.2 Å². The molecule has 0 spiro atoms. The van der Waals surface area contributed by atoms with Crippen molar-refractivity contribution in [2.75, 3.05) is 20.1 Å². The molecule has 1 atom stereocenters. The second-order valence-corrected chi connectivity index (χ2v) is 5.33. The summed E-state index contributed by atoms with van der Waals surface area (Å²) in [7, 11) is 1.83. The van der Waals surface area contributed by atoms with Crippen molar-refractivity contribution in [3.63, 3.8) is 0 Å². The Morgan fingerprint density at radius 3 is 2.94 bits per heavy atom. The number of hydrogen-bond acceptors (Lipinski definition) is 4. The minimum absolute atomic E-state index is 0.136. The smallest absolute Gasteiger partial charge is 0.247 e. The molecule has 18 heavy (non-hydrogen) atoms. The third-order valence-corrected chi connectivity index (χ3v) is 3.71. The minimum Gasteiger partial charge on any atom is -0.344 e. The maximum atomic E-state index is 11.8. The van der Waals surface area contributed by atoms with Gasteiger partial charge in [0.15, 0.2) is 0 Å². The first-order valence-corrected chi connectivity index (χ1v) is 6.60. The van der Waals surface area contributed by atoms with Crippen LogP contribution in [0.4, 0.5) is 0 Å². The molecule has 1 unspecified atom stereocenters. The molecule has 98 valence electrons. The van der Waals surface area contributed by atoms with E-state index < -0.39 is 0 Å². The zero-order chi connectivity index (χ0) is 12.5. The standard InChI is InChI=1S/C12H19N5O/c1-16-5-4-11(12(16)18)17-8-10(14-15-17)7-13-6-9-2-3-9/h8-9,11,13H,2-7H2,1H3. The highest BCUT2D eigenvalue weighted by atomic mass is 16.2. The number of hydrogen-bond donors (Lipinski definition) is 1. The van der Waals surface area contributed by atoms with Gasteiger partial charge in [0.05, 0.1) is 11.9 Å². The van der Waals surface area contributed by atoms with Crippen LogP contribution in [0, 0.1) is 5.92 Å². The van der Waals surface area contributed by atoms with Gasteiger partial charge in [0.2, 0.25) is 5.91 Å². The maximum absolute atomic E-state index is 11.8. The molecule has 0 radical (unpaired) electrons. The van der Waals surface area contributed by atoms with Crippen molar-refractivity contribution in [2.24, 2.45) is 5.92 Å². The van der Waals surface area contributed by atoms with Crippen molar-refractivity contribution in [2.45, 2.75) is 31.8 Å². The average molecular weight is 249 g/mol. The first-order valence-electron chi connectivity index (χ1n) is 6.60. The summed E-state index contributed by atoms with van der Waals surface area (Å²) < 4.78 is 1.71. The van der Waals surface area contributed by atoms with Crippen LogP contribution in [0.5, 0.6) is 0 Å². The van der Waals surface area contributed by atoms with Gasteiger partial charge >= 0.3 is 0 Å². The van der Waals surface area contributed by atoms with E-state index in [9.17, 15) is 4.79 Å². The molecule has 6 nitrogen and oxygen atoms in total. The topological polar surface area (TPSA) is 63.1 Å². The largest absolute Gasteiger partial charge is 0.344 e. The molecule has 1 aliphatic carbocycles. The summed E-state index contributed by atoms with van der Waals surface area (Å²) in [6.45, 7) is 2.61. The number of likely N-dealkylation sites (N-methyl/N-ethyl adjacent to an activating group) is 1. The van der Waals surface area contributed by atoms with Crippen LogP contribution in [0.25, 0.3) is 0 Å². The van der Waals surface area contributed by atoms with E-state index in [0.29, 0.717) is 0 Å². The second-order valence-electron chi connectivity index (χ2n) is 5.33. The fourth-order valence-corrected chi connectivity index (χ4v) is 2.32. The number of nitrogens with zero attached hydrogens (tertiary/aromatic N) is 4. The minimum atomic E-state index is -0.153. The van der Waals surface area contributed by atoms with Crippen molar-refractivity contribution >= 4 is 5.91 Å². The lowest BCUT2D eigenvalue weighted by atomic mass is 10.2. The van der Waals surface area contributed by atoms with Crippen LogP contribution in [-0.4, -0.2) is 45.9 Å². The fourth-order valence-electron chi connectivity index (χ4n) is 2.32. The van der Waals surface area contributed by atoms with Gasteiger partial charge in [-0.3, -0.25) is 4.79 Å². The van der Waals surface area contributed by atoms with E-state index in [1.54, 1.807) is 9.58 Å². The van der Waals surface area contributed by atoms with Gasteiger partial charge in [-0.15, -0.1) is 5.10 Å². The van der Waals surface area contributed by atoms with Gasteiger partial charge in [-0.2, -0.15) is 0 Å². The monoisotopic (exact) mass is 249 g/mol. The first-order chi connectivity index (χ1) is 8.74. The number of rotatable bonds is 5. The molecule has 2 aliphatic rings. The Bertz CT molecular complexity index is 439. The second kappa shape index (κ2) is 4.68. The summed E-state index contributed by atoms with van der Waals surface area (Å²) in [5.41, 5.74) is 0.915. The highest BCUT2D eigenvalue weighted by Gasteiger charge is 2.31. The van der Waals surface area contributed by atoms with Gasteiger partial charge < -0.3 is 10.2 Å². The third-order valence-electron chi connectivity index (χ3n) is 3.71. The first kappa shape index (κ1) is 11.6. The van der Waals surface area contributed by atoms with E-state index in [4.69, 9.17) is 0 Å². The summed E-state index contributed by atoms with van der Waals surface area (Å²) in [5.74, 6) is 1.00. The Hall–Kier alpha value is -1.43. The number of carbonyl (C=O) groups is 1. The Labute approximate surface area is 106 Å². The predicted molar refractivity (Wildman–Crippen MR) is 65.7 cm³/mol. The van der Waals surface area contributed by atoms with Crippen molar-refractivity contribution < 1.29 is 4.79 Å². The Kier molecular flexibility index (Phi) is 3.03. The molecule has 1 aromatic heterocycles. The van der Waals surface area contributed by atoms with Crippen LogP contribution in [-0.2, 0) is 11.3 Å². The molecular weight excluding hydrogens is 230 g/mol. The molecule has 3 rings (SSSR count). The molecule has 1 aliphatic heterocycles. The lowest BCUT2D eigenvalue weighted by Crippen LogP contribution is -2.24. The Balaban J connectivity index is 1.56. The van der Waals surface area contributed by atoms with E-state index in [2.05, 4.69) is 15.6 Å². The van der Waals surface area contributed by atoms with Crippen LogP contribution in [0.3, 0.4) is 0 Å². The summed E-state index contributed by atoms with van der Waals surface area (Å²) in [6, 6.07) is -0.153. The molecule has 1 saturated carbocycles. The maximum Gasteiger partial charge on any atom is 0.247 e. The lowest BCUT2D eigenvalue weighted by molar-refractivity contribution is -0.129. The van der Waals surface area contributed by atoms with Gasteiger partial charge in [-0.1, -0.05) is 5.21 Å². The molecular formula is C12H19N5O. The van der Waals surface area contributed by atoms with Gasteiger partial charge in [-0.05, 0) is 31.7 Å². The Morgan fingerprint density at radius 2 is 2.28 bits per heavy atom. The van der Waals surface area contributed by atoms with Crippen molar-refractivity contribution in [1.29, 1.82) is 0 Å². The summed E-state index contributed by atoms with van der Waals surface area (Å²) in [5, 5.41) is 11.6. The molecule has 1 saturated heterocycles. The molecule has 1 aromatic rings. The lowest BCUT2D eigenvalue weighted by Gasteiger charge is -2.09. The molecule has 1 amide bonds. The number of carbonyl (C=O) groups excluding carboxylic acids is 1. The molecule has 0 bridgehead atoms. The normalized spacial score (nSPS) is 23.9. The van der Waals surface area contributed by atoms with Crippen LogP contribution < -0.4 is 5.32 Å². The number of amides is 1. The highest BCUT2D eigenvalue weighted by Crippen LogP contribution is 2.27. The van der Waals surface area contributed by atoms with Crippen molar-refractivity contribution in [3.05, 3.63) is 11.9 Å². The number of likely N-dealkylation sites (tertiary alicyclic amines) is 1. The molecule has 6 heteroatoms. The number of aromatic nitrogens is 3. The Morgan fingerprint density at radius 1 is 1.44 bits per heavy atom. The molecule has 0 aromatic carbocycles. The zero-order valence-corrected chi connectivity index (χ0v) is 10.7. The summed E-state index contributed by atoms with van der Waals surface area (Å²) in [6.07, 6.45) is 5.42. The summed E-state index contributed by atoms with van der Waals surface area (Å²) >= 11 is 0. The molecule has 2 heterocycles. The van der Waals surface area contributed by atoms with E-state index >= 15 is 0 Å². The van der Waals surface area contributed by atoms with E-state index in [0.717, 1.165) is 37.7 Å². The van der Waals surface area contributed by atoms with Crippen LogP contribution in [0.2, 0.25) is 0 Å². The zero-order valence-electron chi connectivity index (χ0n) is 10.7. The van der Waals surface area contributed by atoms with E-state index in [1.807, 2.05) is 13.2 Å². The summed E-state index contributed by atoms with van der Waals surface area (Å²) in [4.78, 5) is 13.6.